The average Bonchev–Trinajstić information content (AvgIpc) is 2.47. The lowest BCUT2D eigenvalue weighted by Crippen LogP contribution is -2.42. The molecule has 2 rings (SSSR count). The Morgan fingerprint density at radius 2 is 2.15 bits per heavy atom. The summed E-state index contributed by atoms with van der Waals surface area (Å²) < 4.78 is 5.46. The summed E-state index contributed by atoms with van der Waals surface area (Å²) in [5.74, 6) is -0.898. The van der Waals surface area contributed by atoms with Gasteiger partial charge in [0.25, 0.3) is 5.91 Å². The van der Waals surface area contributed by atoms with Crippen molar-refractivity contribution in [3.05, 3.63) is 29.8 Å². The van der Waals surface area contributed by atoms with E-state index in [4.69, 9.17) is 9.84 Å². The highest BCUT2D eigenvalue weighted by atomic mass is 16.5. The first kappa shape index (κ1) is 14.4. The van der Waals surface area contributed by atoms with E-state index >= 15 is 0 Å². The zero-order chi connectivity index (χ0) is 14.5. The first-order valence-electron chi connectivity index (χ1n) is 6.87. The van der Waals surface area contributed by atoms with Gasteiger partial charge in [-0.2, -0.15) is 0 Å². The van der Waals surface area contributed by atoms with E-state index in [2.05, 4.69) is 0 Å². The Balaban J connectivity index is 2.16. The summed E-state index contributed by atoms with van der Waals surface area (Å²) in [4.78, 5) is 25.2. The number of likely N-dealkylation sites (tertiary alicyclic amines) is 1. The van der Waals surface area contributed by atoms with Gasteiger partial charge in [0, 0.05) is 13.1 Å². The first-order chi connectivity index (χ1) is 9.63. The summed E-state index contributed by atoms with van der Waals surface area (Å²) in [6, 6.07) is 7.08. The molecule has 0 unspecified atom stereocenters. The minimum atomic E-state index is -0.833. The van der Waals surface area contributed by atoms with E-state index in [1.807, 2.05) is 13.0 Å². The molecule has 20 heavy (non-hydrogen) atoms. The summed E-state index contributed by atoms with van der Waals surface area (Å²) in [7, 11) is 0. The van der Waals surface area contributed by atoms with Crippen LogP contribution in [-0.2, 0) is 4.79 Å². The van der Waals surface area contributed by atoms with Crippen LogP contribution in [0.5, 0.6) is 5.75 Å². The van der Waals surface area contributed by atoms with Crippen molar-refractivity contribution in [1.82, 2.24) is 4.90 Å². The number of hydrogen-bond acceptors (Lipinski definition) is 3. The fourth-order valence-corrected chi connectivity index (χ4v) is 2.46. The molecule has 5 heteroatoms. The van der Waals surface area contributed by atoms with Crippen LogP contribution in [0.2, 0.25) is 0 Å². The van der Waals surface area contributed by atoms with Crippen LogP contribution < -0.4 is 4.74 Å². The van der Waals surface area contributed by atoms with Crippen molar-refractivity contribution in [2.75, 3.05) is 19.7 Å². The predicted octanol–water partition coefficient (Wildman–Crippen LogP) is 2.02. The maximum atomic E-state index is 12.5. The van der Waals surface area contributed by atoms with Gasteiger partial charge in [0.15, 0.2) is 0 Å². The van der Waals surface area contributed by atoms with Crippen LogP contribution in [0.15, 0.2) is 24.3 Å². The number of para-hydroxylation sites is 1. The predicted molar refractivity (Wildman–Crippen MR) is 73.9 cm³/mol. The van der Waals surface area contributed by atoms with E-state index < -0.39 is 11.9 Å². The fourth-order valence-electron chi connectivity index (χ4n) is 2.46. The van der Waals surface area contributed by atoms with Gasteiger partial charge in [0.2, 0.25) is 0 Å². The molecule has 0 saturated carbocycles. The van der Waals surface area contributed by atoms with Crippen molar-refractivity contribution in [3.63, 3.8) is 0 Å². The van der Waals surface area contributed by atoms with Crippen LogP contribution in [0.1, 0.15) is 30.1 Å². The molecule has 1 aliphatic rings. The lowest BCUT2D eigenvalue weighted by Gasteiger charge is -2.31. The van der Waals surface area contributed by atoms with Gasteiger partial charge in [0.05, 0.1) is 18.1 Å². The molecule has 1 amide bonds. The van der Waals surface area contributed by atoms with Crippen LogP contribution in [0, 0.1) is 5.92 Å². The highest BCUT2D eigenvalue weighted by molar-refractivity contribution is 5.97. The van der Waals surface area contributed by atoms with Gasteiger partial charge in [-0.25, -0.2) is 0 Å². The SMILES string of the molecule is CCOc1ccccc1C(=O)N1CCC[C@H](C(=O)O)C1. The van der Waals surface area contributed by atoms with Gasteiger partial charge in [0.1, 0.15) is 5.75 Å². The number of carboxylic acid groups (broad SMARTS) is 1. The largest absolute Gasteiger partial charge is 0.493 e. The van der Waals surface area contributed by atoms with E-state index in [9.17, 15) is 9.59 Å². The van der Waals surface area contributed by atoms with E-state index in [0.29, 0.717) is 30.9 Å². The quantitative estimate of drug-likeness (QED) is 0.914. The van der Waals surface area contributed by atoms with Gasteiger partial charge in [-0.3, -0.25) is 9.59 Å². The standard InChI is InChI=1S/C15H19NO4/c1-2-20-13-8-4-3-7-12(13)14(17)16-9-5-6-11(10-16)15(18)19/h3-4,7-8,11H,2,5-6,9-10H2,1H3,(H,18,19)/t11-/m0/s1. The molecular weight excluding hydrogens is 258 g/mol. The number of aliphatic carboxylic acids is 1. The van der Waals surface area contributed by atoms with Crippen LogP contribution >= 0.6 is 0 Å². The molecule has 1 heterocycles. The zero-order valence-corrected chi connectivity index (χ0v) is 11.5. The number of ether oxygens (including phenoxy) is 1. The number of piperidine rings is 1. The van der Waals surface area contributed by atoms with Gasteiger partial charge in [-0.1, -0.05) is 12.1 Å². The highest BCUT2D eigenvalue weighted by Gasteiger charge is 2.29. The molecule has 0 aromatic heterocycles. The third kappa shape index (κ3) is 3.10. The molecule has 108 valence electrons. The third-order valence-corrected chi connectivity index (χ3v) is 3.48. The van der Waals surface area contributed by atoms with Crippen LogP contribution in [0.25, 0.3) is 0 Å². The maximum absolute atomic E-state index is 12.5. The molecule has 0 radical (unpaired) electrons. The number of carbonyl (C=O) groups is 2. The Bertz CT molecular complexity index is 500. The van der Waals surface area contributed by atoms with Crippen molar-refractivity contribution in [2.24, 2.45) is 5.92 Å². The molecule has 5 nitrogen and oxygen atoms in total. The lowest BCUT2D eigenvalue weighted by atomic mass is 9.97. The molecular formula is C15H19NO4. The molecule has 1 aromatic rings. The Kier molecular flexibility index (Phi) is 4.61. The monoisotopic (exact) mass is 277 g/mol. The zero-order valence-electron chi connectivity index (χ0n) is 11.5. The molecule has 1 aromatic carbocycles. The second-order valence-electron chi connectivity index (χ2n) is 4.86. The smallest absolute Gasteiger partial charge is 0.308 e. The van der Waals surface area contributed by atoms with Gasteiger partial charge >= 0.3 is 5.97 Å². The summed E-state index contributed by atoms with van der Waals surface area (Å²) in [5.41, 5.74) is 0.500. The summed E-state index contributed by atoms with van der Waals surface area (Å²) >= 11 is 0. The van der Waals surface area contributed by atoms with Crippen LogP contribution in [0.3, 0.4) is 0 Å². The van der Waals surface area contributed by atoms with Crippen molar-refractivity contribution >= 4 is 11.9 Å². The number of hydrogen-bond donors (Lipinski definition) is 1. The molecule has 0 aliphatic carbocycles. The topological polar surface area (TPSA) is 66.8 Å². The molecule has 1 atom stereocenters. The number of carbonyl (C=O) groups excluding carboxylic acids is 1. The number of rotatable bonds is 4. The Labute approximate surface area is 118 Å². The van der Waals surface area contributed by atoms with Crippen molar-refractivity contribution < 1.29 is 19.4 Å². The molecule has 1 N–H and O–H groups in total. The minimum Gasteiger partial charge on any atom is -0.493 e. The van der Waals surface area contributed by atoms with Crippen molar-refractivity contribution in [2.45, 2.75) is 19.8 Å². The summed E-state index contributed by atoms with van der Waals surface area (Å²) in [6.07, 6.45) is 1.35. The Hall–Kier alpha value is -2.04. The summed E-state index contributed by atoms with van der Waals surface area (Å²) in [5, 5.41) is 9.08. The molecule has 0 bridgehead atoms. The first-order valence-corrected chi connectivity index (χ1v) is 6.87. The molecule has 0 spiro atoms. The Morgan fingerprint density at radius 3 is 2.85 bits per heavy atom. The minimum absolute atomic E-state index is 0.153. The van der Waals surface area contributed by atoms with E-state index in [1.54, 1.807) is 23.1 Å². The van der Waals surface area contributed by atoms with Crippen LogP contribution in [-0.4, -0.2) is 41.6 Å². The molecule has 1 saturated heterocycles. The highest BCUT2D eigenvalue weighted by Crippen LogP contribution is 2.23. The van der Waals surface area contributed by atoms with Crippen molar-refractivity contribution in [1.29, 1.82) is 0 Å². The van der Waals surface area contributed by atoms with E-state index in [-0.39, 0.29) is 12.5 Å². The van der Waals surface area contributed by atoms with Gasteiger partial charge in [-0.05, 0) is 31.9 Å². The number of carboxylic acids is 1. The summed E-state index contributed by atoms with van der Waals surface area (Å²) in [6.45, 7) is 3.22. The average molecular weight is 277 g/mol. The molecule has 1 aliphatic heterocycles. The fraction of sp³-hybridized carbons (Fsp3) is 0.467. The van der Waals surface area contributed by atoms with Crippen molar-refractivity contribution in [3.8, 4) is 5.75 Å². The number of benzene rings is 1. The number of amides is 1. The number of nitrogens with zero attached hydrogens (tertiary/aromatic N) is 1. The van der Waals surface area contributed by atoms with Gasteiger partial charge in [-0.15, -0.1) is 0 Å². The second kappa shape index (κ2) is 6.41. The molecule has 1 fully saturated rings. The van der Waals surface area contributed by atoms with Gasteiger partial charge < -0.3 is 14.7 Å². The Morgan fingerprint density at radius 1 is 1.40 bits per heavy atom. The second-order valence-corrected chi connectivity index (χ2v) is 4.86. The van der Waals surface area contributed by atoms with E-state index in [1.165, 1.54) is 0 Å². The van der Waals surface area contributed by atoms with Crippen LogP contribution in [0.4, 0.5) is 0 Å². The lowest BCUT2D eigenvalue weighted by molar-refractivity contribution is -0.143. The third-order valence-electron chi connectivity index (χ3n) is 3.48. The maximum Gasteiger partial charge on any atom is 0.308 e. The normalized spacial score (nSPS) is 18.6. The van der Waals surface area contributed by atoms with E-state index in [0.717, 1.165) is 6.42 Å².